The van der Waals surface area contributed by atoms with E-state index in [2.05, 4.69) is 4.98 Å². The molecule has 2 aromatic carbocycles. The highest BCUT2D eigenvalue weighted by atomic mass is 16.5. The number of carbonyl (C=O) groups is 1. The maximum atomic E-state index is 13.0. The molecule has 0 radical (unpaired) electrons. The van der Waals surface area contributed by atoms with E-state index >= 15 is 0 Å². The van der Waals surface area contributed by atoms with Crippen molar-refractivity contribution in [2.24, 2.45) is 0 Å². The lowest BCUT2D eigenvalue weighted by molar-refractivity contribution is -0.0123. The minimum atomic E-state index is -0.0183. The highest BCUT2D eigenvalue weighted by molar-refractivity contribution is 6.00. The number of hydrogen-bond donors (Lipinski definition) is 0. The molecular weight excluding hydrogens is 328 g/mol. The van der Waals surface area contributed by atoms with Crippen LogP contribution in [0.2, 0.25) is 0 Å². The first kappa shape index (κ1) is 16.5. The van der Waals surface area contributed by atoms with Crippen molar-refractivity contribution in [3.05, 3.63) is 66.4 Å². The Bertz CT molecular complexity index is 904. The summed E-state index contributed by atoms with van der Waals surface area (Å²) >= 11 is 0. The van der Waals surface area contributed by atoms with Crippen LogP contribution >= 0.6 is 0 Å². The monoisotopic (exact) mass is 348 g/mol. The van der Waals surface area contributed by atoms with Gasteiger partial charge in [0.1, 0.15) is 0 Å². The van der Waals surface area contributed by atoms with Gasteiger partial charge >= 0.3 is 0 Å². The number of hydrogen-bond acceptors (Lipinski definition) is 4. The van der Waals surface area contributed by atoms with Crippen LogP contribution in [-0.4, -0.2) is 41.6 Å². The van der Waals surface area contributed by atoms with E-state index < -0.39 is 0 Å². The van der Waals surface area contributed by atoms with Gasteiger partial charge in [0.25, 0.3) is 5.91 Å². The van der Waals surface area contributed by atoms with Gasteiger partial charge in [0.2, 0.25) is 5.89 Å². The maximum Gasteiger partial charge on any atom is 0.254 e. The third-order valence-corrected chi connectivity index (χ3v) is 4.48. The summed E-state index contributed by atoms with van der Waals surface area (Å²) in [5, 5.41) is 0. The molecule has 5 heteroatoms. The first-order valence-electron chi connectivity index (χ1n) is 8.74. The Hall–Kier alpha value is -2.92. The lowest BCUT2D eigenvalue weighted by Gasteiger charge is -2.31. The van der Waals surface area contributed by atoms with Crippen LogP contribution in [0, 0.1) is 0 Å². The Labute approximate surface area is 152 Å². The van der Waals surface area contributed by atoms with Gasteiger partial charge in [0.15, 0.2) is 5.76 Å². The van der Waals surface area contributed by atoms with Crippen LogP contribution in [0.5, 0.6) is 0 Å². The van der Waals surface area contributed by atoms with Gasteiger partial charge < -0.3 is 14.1 Å². The first-order valence-corrected chi connectivity index (χ1v) is 8.74. The quantitative estimate of drug-likeness (QED) is 0.721. The molecule has 2 heterocycles. The minimum absolute atomic E-state index is 0.0183. The molecule has 0 bridgehead atoms. The number of aromatic nitrogens is 1. The lowest BCUT2D eigenvalue weighted by Crippen LogP contribution is -2.44. The molecule has 0 N–H and O–H groups in total. The molecule has 1 saturated heterocycles. The fourth-order valence-electron chi connectivity index (χ4n) is 3.16. The van der Waals surface area contributed by atoms with Crippen LogP contribution in [-0.2, 0) is 4.74 Å². The Balaban J connectivity index is 1.66. The van der Waals surface area contributed by atoms with Crippen molar-refractivity contribution in [2.45, 2.75) is 13.0 Å². The zero-order valence-electron chi connectivity index (χ0n) is 14.6. The van der Waals surface area contributed by atoms with Crippen molar-refractivity contribution in [2.75, 3.05) is 19.7 Å². The molecule has 1 fully saturated rings. The molecule has 4 rings (SSSR count). The van der Waals surface area contributed by atoms with Crippen LogP contribution in [0.3, 0.4) is 0 Å². The average Bonchev–Trinajstić information content (AvgIpc) is 3.18. The molecule has 26 heavy (non-hydrogen) atoms. The second kappa shape index (κ2) is 7.14. The van der Waals surface area contributed by atoms with Gasteiger partial charge in [0, 0.05) is 24.2 Å². The molecular formula is C21H20N2O3. The number of amides is 1. The highest BCUT2D eigenvalue weighted by Crippen LogP contribution is 2.29. The summed E-state index contributed by atoms with van der Waals surface area (Å²) in [4.78, 5) is 19.2. The van der Waals surface area contributed by atoms with Gasteiger partial charge in [-0.2, -0.15) is 0 Å². The van der Waals surface area contributed by atoms with E-state index in [0.717, 1.165) is 5.56 Å². The molecule has 1 atom stereocenters. The number of nitrogens with zero attached hydrogens (tertiary/aromatic N) is 2. The van der Waals surface area contributed by atoms with Crippen molar-refractivity contribution < 1.29 is 13.9 Å². The smallest absolute Gasteiger partial charge is 0.254 e. The van der Waals surface area contributed by atoms with Gasteiger partial charge in [-0.05, 0) is 19.1 Å². The Morgan fingerprint density at radius 1 is 1.12 bits per heavy atom. The van der Waals surface area contributed by atoms with Gasteiger partial charge in [0.05, 0.1) is 24.5 Å². The van der Waals surface area contributed by atoms with Gasteiger partial charge in [-0.25, -0.2) is 4.98 Å². The maximum absolute atomic E-state index is 13.0. The average molecular weight is 348 g/mol. The molecule has 1 aromatic heterocycles. The van der Waals surface area contributed by atoms with E-state index in [0.29, 0.717) is 42.5 Å². The van der Waals surface area contributed by atoms with Crippen molar-refractivity contribution in [3.63, 3.8) is 0 Å². The first-order chi connectivity index (χ1) is 12.7. The summed E-state index contributed by atoms with van der Waals surface area (Å²) in [5.74, 6) is 1.12. The van der Waals surface area contributed by atoms with Crippen LogP contribution in [0.15, 0.2) is 65.2 Å². The number of oxazole rings is 1. The van der Waals surface area contributed by atoms with E-state index in [9.17, 15) is 4.79 Å². The number of morpholine rings is 1. The fraction of sp³-hybridized carbons (Fsp3) is 0.238. The van der Waals surface area contributed by atoms with E-state index in [1.807, 2.05) is 66.4 Å². The van der Waals surface area contributed by atoms with Crippen molar-refractivity contribution in [1.29, 1.82) is 0 Å². The molecule has 0 spiro atoms. The summed E-state index contributed by atoms with van der Waals surface area (Å²) in [5.41, 5.74) is 2.26. The molecule has 1 amide bonds. The molecule has 0 saturated carbocycles. The Morgan fingerprint density at radius 3 is 2.69 bits per heavy atom. The zero-order chi connectivity index (χ0) is 17.9. The summed E-state index contributed by atoms with van der Waals surface area (Å²) in [6.45, 7) is 3.73. The number of benzene rings is 2. The highest BCUT2D eigenvalue weighted by Gasteiger charge is 2.25. The third kappa shape index (κ3) is 3.26. The number of ether oxygens (including phenoxy) is 1. The van der Waals surface area contributed by atoms with E-state index in [-0.39, 0.29) is 12.0 Å². The largest absolute Gasteiger partial charge is 0.436 e. The molecule has 3 aromatic rings. The second-order valence-corrected chi connectivity index (χ2v) is 6.37. The molecule has 1 unspecified atom stereocenters. The topological polar surface area (TPSA) is 55.6 Å². The summed E-state index contributed by atoms with van der Waals surface area (Å²) in [6, 6.07) is 17.2. The molecule has 1 aliphatic rings. The van der Waals surface area contributed by atoms with Gasteiger partial charge in [-0.15, -0.1) is 0 Å². The normalized spacial score (nSPS) is 17.3. The summed E-state index contributed by atoms with van der Waals surface area (Å²) in [6.07, 6.45) is 1.74. The molecule has 0 aliphatic carbocycles. The molecule has 132 valence electrons. The van der Waals surface area contributed by atoms with Crippen molar-refractivity contribution >= 4 is 5.91 Å². The van der Waals surface area contributed by atoms with Crippen LogP contribution in [0.25, 0.3) is 22.8 Å². The van der Waals surface area contributed by atoms with Crippen LogP contribution < -0.4 is 0 Å². The Kier molecular flexibility index (Phi) is 4.54. The van der Waals surface area contributed by atoms with E-state index in [1.54, 1.807) is 6.20 Å². The summed E-state index contributed by atoms with van der Waals surface area (Å²) < 4.78 is 11.5. The third-order valence-electron chi connectivity index (χ3n) is 4.48. The summed E-state index contributed by atoms with van der Waals surface area (Å²) in [7, 11) is 0. The predicted octanol–water partition coefficient (Wildman–Crippen LogP) is 3.87. The fourth-order valence-corrected chi connectivity index (χ4v) is 3.16. The van der Waals surface area contributed by atoms with E-state index in [4.69, 9.17) is 9.15 Å². The minimum Gasteiger partial charge on any atom is -0.436 e. The van der Waals surface area contributed by atoms with Crippen molar-refractivity contribution in [3.8, 4) is 22.8 Å². The Morgan fingerprint density at radius 2 is 1.88 bits per heavy atom. The second-order valence-electron chi connectivity index (χ2n) is 6.37. The predicted molar refractivity (Wildman–Crippen MR) is 98.7 cm³/mol. The van der Waals surface area contributed by atoms with Crippen molar-refractivity contribution in [1.82, 2.24) is 9.88 Å². The standard InChI is InChI=1S/C21H20N2O3/c1-15-14-23(11-12-25-15)21(24)18-10-6-5-9-17(18)20-22-13-19(26-20)16-7-3-2-4-8-16/h2-10,13,15H,11-12,14H2,1H3. The van der Waals surface area contributed by atoms with E-state index in [1.165, 1.54) is 0 Å². The van der Waals surface area contributed by atoms with Crippen LogP contribution in [0.4, 0.5) is 0 Å². The lowest BCUT2D eigenvalue weighted by atomic mass is 10.1. The van der Waals surface area contributed by atoms with Gasteiger partial charge in [-0.1, -0.05) is 42.5 Å². The molecule has 5 nitrogen and oxygen atoms in total. The number of rotatable bonds is 3. The number of carbonyl (C=O) groups excluding carboxylic acids is 1. The molecule has 1 aliphatic heterocycles. The zero-order valence-corrected chi connectivity index (χ0v) is 14.6. The van der Waals surface area contributed by atoms with Gasteiger partial charge in [-0.3, -0.25) is 4.79 Å². The van der Waals surface area contributed by atoms with Crippen LogP contribution in [0.1, 0.15) is 17.3 Å². The SMILES string of the molecule is CC1CN(C(=O)c2ccccc2-c2ncc(-c3ccccc3)o2)CCO1.